The predicted octanol–water partition coefficient (Wildman–Crippen LogP) is 7.03. The number of nitrogens with zero attached hydrogens (tertiary/aromatic N) is 4. The van der Waals surface area contributed by atoms with Crippen molar-refractivity contribution in [3.8, 4) is 33.1 Å². The summed E-state index contributed by atoms with van der Waals surface area (Å²) in [6, 6.07) is 21.7. The largest absolute Gasteiger partial charge is 0.335 e. The molecule has 5 heterocycles. The van der Waals surface area contributed by atoms with Crippen LogP contribution in [0.4, 0.5) is 4.39 Å². The number of thiophene rings is 1. The molecule has 0 aliphatic heterocycles. The molecule has 7 aromatic rings. The van der Waals surface area contributed by atoms with E-state index in [0.29, 0.717) is 40.4 Å². The first-order valence-corrected chi connectivity index (χ1v) is 13.7. The van der Waals surface area contributed by atoms with E-state index in [1.165, 1.54) is 16.5 Å². The van der Waals surface area contributed by atoms with Crippen molar-refractivity contribution in [2.45, 2.75) is 20.0 Å². The first-order valence-electron chi connectivity index (χ1n) is 12.9. The smallest absolute Gasteiger partial charge is 0.178 e. The van der Waals surface area contributed by atoms with Gasteiger partial charge in [-0.2, -0.15) is 5.10 Å². The van der Waals surface area contributed by atoms with Crippen molar-refractivity contribution in [3.05, 3.63) is 107 Å². The summed E-state index contributed by atoms with van der Waals surface area (Å²) >= 11 is 1.72. The van der Waals surface area contributed by atoms with Crippen LogP contribution < -0.4 is 5.32 Å². The predicted molar refractivity (Wildman–Crippen MR) is 157 cm³/mol. The van der Waals surface area contributed by atoms with Gasteiger partial charge in [-0.3, -0.25) is 10.1 Å². The van der Waals surface area contributed by atoms with Crippen LogP contribution in [0.3, 0.4) is 0 Å². The zero-order valence-electron chi connectivity index (χ0n) is 21.6. The molecule has 40 heavy (non-hydrogen) atoms. The van der Waals surface area contributed by atoms with E-state index in [-0.39, 0.29) is 5.82 Å². The molecule has 0 atom stereocenters. The summed E-state index contributed by atoms with van der Waals surface area (Å²) in [6.45, 7) is 3.45. The molecular weight excluding hydrogens is 521 g/mol. The van der Waals surface area contributed by atoms with Gasteiger partial charge in [0, 0.05) is 69.6 Å². The van der Waals surface area contributed by atoms with Crippen LogP contribution in [0.5, 0.6) is 0 Å². The summed E-state index contributed by atoms with van der Waals surface area (Å²) in [5.74, 6) is 0.226. The van der Waals surface area contributed by atoms with Gasteiger partial charge in [-0.25, -0.2) is 14.4 Å². The number of aromatic nitrogens is 6. The molecule has 0 saturated carbocycles. The SMILES string of the molecule is Cc1ccc(-c2ccnc3nc(-c4n[nH]c5cc(F)c(-c6cncc(CNCc7ccccc7)c6)cc45)[nH]c23)s1. The van der Waals surface area contributed by atoms with Gasteiger partial charge in [-0.05, 0) is 48.4 Å². The molecule has 0 spiro atoms. The summed E-state index contributed by atoms with van der Waals surface area (Å²) in [6.07, 6.45) is 5.25. The molecule has 0 unspecified atom stereocenters. The summed E-state index contributed by atoms with van der Waals surface area (Å²) in [7, 11) is 0. The maximum Gasteiger partial charge on any atom is 0.178 e. The molecule has 7 rings (SSSR count). The zero-order chi connectivity index (χ0) is 27.1. The number of H-pyrrole nitrogens is 2. The highest BCUT2D eigenvalue weighted by atomic mass is 32.1. The van der Waals surface area contributed by atoms with E-state index < -0.39 is 0 Å². The number of nitrogens with one attached hydrogen (secondary N) is 3. The number of aryl methyl sites for hydroxylation is 1. The van der Waals surface area contributed by atoms with E-state index in [2.05, 4.69) is 61.7 Å². The van der Waals surface area contributed by atoms with Crippen LogP contribution in [0, 0.1) is 12.7 Å². The fraction of sp³-hybridized carbons (Fsp3) is 0.0968. The normalized spacial score (nSPS) is 11.6. The number of fused-ring (bicyclic) bond motifs is 2. The lowest BCUT2D eigenvalue weighted by atomic mass is 10.0. The molecule has 196 valence electrons. The quantitative estimate of drug-likeness (QED) is 0.200. The van der Waals surface area contributed by atoms with Gasteiger partial charge in [-0.15, -0.1) is 11.3 Å². The molecule has 0 fully saturated rings. The number of pyridine rings is 2. The highest BCUT2D eigenvalue weighted by molar-refractivity contribution is 7.15. The minimum Gasteiger partial charge on any atom is -0.335 e. The summed E-state index contributed by atoms with van der Waals surface area (Å²) < 4.78 is 15.3. The van der Waals surface area contributed by atoms with Gasteiger partial charge in [0.15, 0.2) is 11.5 Å². The van der Waals surface area contributed by atoms with Gasteiger partial charge in [0.1, 0.15) is 11.5 Å². The average molecular weight is 546 g/mol. The third-order valence-corrected chi connectivity index (χ3v) is 7.91. The van der Waals surface area contributed by atoms with Crippen LogP contribution in [0.25, 0.3) is 55.2 Å². The Kier molecular flexibility index (Phi) is 6.14. The van der Waals surface area contributed by atoms with E-state index in [9.17, 15) is 0 Å². The number of aromatic amines is 2. The summed E-state index contributed by atoms with van der Waals surface area (Å²) in [4.78, 5) is 19.4. The fourth-order valence-electron chi connectivity index (χ4n) is 4.93. The van der Waals surface area contributed by atoms with Crippen molar-refractivity contribution in [1.82, 2.24) is 35.5 Å². The number of hydrogen-bond acceptors (Lipinski definition) is 6. The first-order chi connectivity index (χ1) is 19.6. The van der Waals surface area contributed by atoms with E-state index >= 15 is 4.39 Å². The van der Waals surface area contributed by atoms with E-state index in [1.807, 2.05) is 36.4 Å². The molecule has 2 aromatic carbocycles. The first kappa shape index (κ1) is 24.3. The third-order valence-electron chi connectivity index (χ3n) is 6.88. The Hall–Kier alpha value is -4.73. The van der Waals surface area contributed by atoms with Crippen LogP contribution in [0.15, 0.2) is 85.3 Å². The van der Waals surface area contributed by atoms with Crippen LogP contribution in [-0.4, -0.2) is 30.1 Å². The molecule has 0 radical (unpaired) electrons. The van der Waals surface area contributed by atoms with Gasteiger partial charge >= 0.3 is 0 Å². The Bertz CT molecular complexity index is 1970. The molecule has 0 amide bonds. The Balaban J connectivity index is 1.22. The molecular formula is C31H24FN7S. The molecule has 7 nitrogen and oxygen atoms in total. The minimum atomic E-state index is -0.347. The Morgan fingerprint density at radius 3 is 2.65 bits per heavy atom. The number of imidazole rings is 1. The van der Waals surface area contributed by atoms with E-state index in [4.69, 9.17) is 4.98 Å². The second-order valence-corrected chi connectivity index (χ2v) is 11.0. The lowest BCUT2D eigenvalue weighted by Gasteiger charge is -2.08. The van der Waals surface area contributed by atoms with Crippen molar-refractivity contribution in [2.24, 2.45) is 0 Å². The molecule has 0 aliphatic carbocycles. The molecule has 0 bridgehead atoms. The van der Waals surface area contributed by atoms with E-state index in [0.717, 1.165) is 33.5 Å². The molecule has 0 saturated heterocycles. The van der Waals surface area contributed by atoms with Crippen LogP contribution in [0.1, 0.15) is 16.0 Å². The monoisotopic (exact) mass is 545 g/mol. The van der Waals surface area contributed by atoms with Crippen molar-refractivity contribution in [2.75, 3.05) is 0 Å². The number of hydrogen-bond donors (Lipinski definition) is 3. The third kappa shape index (κ3) is 4.55. The highest BCUT2D eigenvalue weighted by Gasteiger charge is 2.18. The van der Waals surface area contributed by atoms with Gasteiger partial charge in [0.05, 0.1) is 11.0 Å². The van der Waals surface area contributed by atoms with Crippen LogP contribution in [0.2, 0.25) is 0 Å². The number of halogens is 1. The minimum absolute atomic E-state index is 0.347. The second kappa shape index (κ2) is 10.1. The van der Waals surface area contributed by atoms with Gasteiger partial charge in [-0.1, -0.05) is 30.3 Å². The molecule has 9 heteroatoms. The Morgan fingerprint density at radius 2 is 1.80 bits per heavy atom. The summed E-state index contributed by atoms with van der Waals surface area (Å²) in [5, 5.41) is 11.6. The zero-order valence-corrected chi connectivity index (χ0v) is 22.4. The van der Waals surface area contributed by atoms with E-state index in [1.54, 1.807) is 29.9 Å². The van der Waals surface area contributed by atoms with Crippen molar-refractivity contribution in [3.63, 3.8) is 0 Å². The summed E-state index contributed by atoms with van der Waals surface area (Å²) in [5.41, 5.74) is 7.02. The van der Waals surface area contributed by atoms with Crippen molar-refractivity contribution < 1.29 is 4.39 Å². The average Bonchev–Trinajstić information content (AvgIpc) is 3.71. The topological polar surface area (TPSA) is 95.2 Å². The van der Waals surface area contributed by atoms with Crippen molar-refractivity contribution in [1.29, 1.82) is 0 Å². The number of rotatable bonds is 7. The Labute approximate surface area is 233 Å². The molecule has 0 aliphatic rings. The van der Waals surface area contributed by atoms with Crippen LogP contribution in [-0.2, 0) is 13.1 Å². The second-order valence-electron chi connectivity index (χ2n) is 9.67. The lowest BCUT2D eigenvalue weighted by Crippen LogP contribution is -2.12. The fourth-order valence-corrected chi connectivity index (χ4v) is 5.83. The standard InChI is InChI=1S/C31H24FN7S/c1-18-7-8-27(40-18)22-9-10-35-30-28(22)36-31(37-30)29-24-12-23(25(32)13-26(24)38-39-29)21-11-20(16-34-17-21)15-33-14-19-5-3-2-4-6-19/h2-13,16-17,33H,14-15H2,1H3,(H,38,39)(H,35,36,37). The molecule has 3 N–H and O–H groups in total. The van der Waals surface area contributed by atoms with Crippen molar-refractivity contribution >= 4 is 33.4 Å². The maximum atomic E-state index is 15.3. The number of benzene rings is 2. The van der Waals surface area contributed by atoms with Gasteiger partial charge in [0.25, 0.3) is 0 Å². The maximum absolute atomic E-state index is 15.3. The van der Waals surface area contributed by atoms with Gasteiger partial charge in [0.2, 0.25) is 0 Å². The highest BCUT2D eigenvalue weighted by Crippen LogP contribution is 2.35. The Morgan fingerprint density at radius 1 is 0.925 bits per heavy atom. The molecule has 5 aromatic heterocycles. The van der Waals surface area contributed by atoms with Crippen LogP contribution >= 0.6 is 11.3 Å². The van der Waals surface area contributed by atoms with Gasteiger partial charge < -0.3 is 10.3 Å². The lowest BCUT2D eigenvalue weighted by molar-refractivity contribution is 0.632.